The van der Waals surface area contributed by atoms with Crippen molar-refractivity contribution in [2.75, 3.05) is 13.2 Å². The van der Waals surface area contributed by atoms with Gasteiger partial charge in [-0.25, -0.2) is 0 Å². The molecule has 4 heteroatoms. The van der Waals surface area contributed by atoms with Gasteiger partial charge in [-0.15, -0.1) is 0 Å². The number of hydrogen-bond acceptors (Lipinski definition) is 3. The van der Waals surface area contributed by atoms with Gasteiger partial charge in [0.05, 0.1) is 6.04 Å². The minimum atomic E-state index is -0.0673. The van der Waals surface area contributed by atoms with Gasteiger partial charge < -0.3 is 14.8 Å². The number of nitrogens with one attached hydrogen (secondary N) is 1. The highest BCUT2D eigenvalue weighted by molar-refractivity contribution is 5.94. The maximum Gasteiger partial charge on any atom is 0.251 e. The zero-order valence-corrected chi connectivity index (χ0v) is 12.5. The zero-order valence-electron chi connectivity index (χ0n) is 12.5. The van der Waals surface area contributed by atoms with Crippen molar-refractivity contribution in [3.8, 4) is 11.5 Å². The molecule has 1 amide bonds. The second-order valence-electron chi connectivity index (χ2n) is 5.20. The van der Waals surface area contributed by atoms with Crippen LogP contribution in [-0.2, 0) is 0 Å². The zero-order chi connectivity index (χ0) is 15.4. The van der Waals surface area contributed by atoms with Crippen molar-refractivity contribution >= 4 is 5.91 Å². The number of rotatable bonds is 4. The summed E-state index contributed by atoms with van der Waals surface area (Å²) in [6, 6.07) is 15.0. The van der Waals surface area contributed by atoms with E-state index in [2.05, 4.69) is 5.32 Å². The number of ether oxygens (including phenoxy) is 2. The summed E-state index contributed by atoms with van der Waals surface area (Å²) in [7, 11) is 0. The maximum absolute atomic E-state index is 12.3. The SMILES string of the molecule is CCC(NC(=O)c1ccccc1)c1ccc2c(c1)OCCO2. The first-order valence-corrected chi connectivity index (χ1v) is 7.53. The van der Waals surface area contributed by atoms with Crippen molar-refractivity contribution in [3.05, 3.63) is 59.7 Å². The first-order valence-electron chi connectivity index (χ1n) is 7.53. The van der Waals surface area contributed by atoms with E-state index in [0.29, 0.717) is 18.8 Å². The first kappa shape index (κ1) is 14.4. The molecule has 0 aromatic heterocycles. The van der Waals surface area contributed by atoms with Gasteiger partial charge in [-0.3, -0.25) is 4.79 Å². The lowest BCUT2D eigenvalue weighted by molar-refractivity contribution is 0.0935. The Bertz CT molecular complexity index is 655. The van der Waals surface area contributed by atoms with Crippen LogP contribution in [-0.4, -0.2) is 19.1 Å². The quantitative estimate of drug-likeness (QED) is 0.941. The number of amides is 1. The Hall–Kier alpha value is -2.49. The second kappa shape index (κ2) is 6.52. The Morgan fingerprint density at radius 1 is 1.09 bits per heavy atom. The van der Waals surface area contributed by atoms with Gasteiger partial charge in [0.2, 0.25) is 0 Å². The van der Waals surface area contributed by atoms with Crippen molar-refractivity contribution in [1.82, 2.24) is 5.32 Å². The molecule has 0 radical (unpaired) electrons. The normalized spacial score (nSPS) is 14.2. The third-order valence-electron chi connectivity index (χ3n) is 3.72. The summed E-state index contributed by atoms with van der Waals surface area (Å²) < 4.78 is 11.1. The standard InChI is InChI=1S/C18H19NO3/c1-2-15(19-18(20)13-6-4-3-5-7-13)14-8-9-16-17(12-14)22-11-10-21-16/h3-9,12,15H,2,10-11H2,1H3,(H,19,20). The second-order valence-corrected chi connectivity index (χ2v) is 5.20. The molecule has 0 saturated heterocycles. The molecule has 22 heavy (non-hydrogen) atoms. The molecule has 0 bridgehead atoms. The third kappa shape index (κ3) is 3.06. The summed E-state index contributed by atoms with van der Waals surface area (Å²) in [5, 5.41) is 3.07. The van der Waals surface area contributed by atoms with Gasteiger partial charge in [-0.1, -0.05) is 31.2 Å². The van der Waals surface area contributed by atoms with Crippen molar-refractivity contribution in [1.29, 1.82) is 0 Å². The van der Waals surface area contributed by atoms with Crippen LogP contribution < -0.4 is 14.8 Å². The van der Waals surface area contributed by atoms with E-state index in [1.807, 2.05) is 55.5 Å². The Kier molecular flexibility index (Phi) is 4.28. The highest BCUT2D eigenvalue weighted by Crippen LogP contribution is 2.33. The molecule has 1 aliphatic heterocycles. The van der Waals surface area contributed by atoms with Crippen LogP contribution in [0.4, 0.5) is 0 Å². The van der Waals surface area contributed by atoms with E-state index < -0.39 is 0 Å². The molecule has 4 nitrogen and oxygen atoms in total. The predicted octanol–water partition coefficient (Wildman–Crippen LogP) is 3.34. The van der Waals surface area contributed by atoms with E-state index in [9.17, 15) is 4.79 Å². The molecule has 0 spiro atoms. The number of carbonyl (C=O) groups excluding carboxylic acids is 1. The lowest BCUT2D eigenvalue weighted by Crippen LogP contribution is -2.28. The average molecular weight is 297 g/mol. The van der Waals surface area contributed by atoms with Gasteiger partial charge in [0.15, 0.2) is 11.5 Å². The van der Waals surface area contributed by atoms with Crippen molar-refractivity contribution in [2.24, 2.45) is 0 Å². The molecule has 114 valence electrons. The van der Waals surface area contributed by atoms with Gasteiger partial charge >= 0.3 is 0 Å². The monoisotopic (exact) mass is 297 g/mol. The predicted molar refractivity (Wildman–Crippen MR) is 84.4 cm³/mol. The van der Waals surface area contributed by atoms with Crippen molar-refractivity contribution in [2.45, 2.75) is 19.4 Å². The van der Waals surface area contributed by atoms with Gasteiger partial charge in [0.25, 0.3) is 5.91 Å². The van der Waals surface area contributed by atoms with Gasteiger partial charge in [0.1, 0.15) is 13.2 Å². The maximum atomic E-state index is 12.3. The average Bonchev–Trinajstić information content (AvgIpc) is 2.59. The van der Waals surface area contributed by atoms with Crippen LogP contribution in [0.2, 0.25) is 0 Å². The fraction of sp³-hybridized carbons (Fsp3) is 0.278. The number of benzene rings is 2. The van der Waals surface area contributed by atoms with E-state index in [1.165, 1.54) is 0 Å². The molecule has 1 heterocycles. The fourth-order valence-corrected chi connectivity index (χ4v) is 2.53. The summed E-state index contributed by atoms with van der Waals surface area (Å²) >= 11 is 0. The summed E-state index contributed by atoms with van der Waals surface area (Å²) in [5.74, 6) is 1.44. The van der Waals surface area contributed by atoms with Crippen molar-refractivity contribution in [3.63, 3.8) is 0 Å². The Morgan fingerprint density at radius 2 is 1.82 bits per heavy atom. The van der Waals surface area contributed by atoms with E-state index in [1.54, 1.807) is 0 Å². The minimum Gasteiger partial charge on any atom is -0.486 e. The summed E-state index contributed by atoms with van der Waals surface area (Å²) in [4.78, 5) is 12.3. The van der Waals surface area contributed by atoms with Gasteiger partial charge in [0, 0.05) is 5.56 Å². The van der Waals surface area contributed by atoms with E-state index in [4.69, 9.17) is 9.47 Å². The minimum absolute atomic E-state index is 0.0523. The van der Waals surface area contributed by atoms with E-state index in [-0.39, 0.29) is 11.9 Å². The number of carbonyl (C=O) groups is 1. The molecule has 1 atom stereocenters. The molecule has 0 saturated carbocycles. The first-order chi connectivity index (χ1) is 10.8. The molecular formula is C18H19NO3. The smallest absolute Gasteiger partial charge is 0.251 e. The Balaban J connectivity index is 1.78. The molecule has 1 aliphatic rings. The van der Waals surface area contributed by atoms with Crippen LogP contribution in [0.1, 0.15) is 35.3 Å². The van der Waals surface area contributed by atoms with E-state index in [0.717, 1.165) is 23.5 Å². The summed E-state index contributed by atoms with van der Waals surface area (Å²) in [5.41, 5.74) is 1.69. The van der Waals surface area contributed by atoms with Crippen LogP contribution in [0.15, 0.2) is 48.5 Å². The lowest BCUT2D eigenvalue weighted by atomic mass is 10.0. The fourth-order valence-electron chi connectivity index (χ4n) is 2.53. The number of hydrogen-bond donors (Lipinski definition) is 1. The summed E-state index contributed by atoms with van der Waals surface area (Å²) in [6.45, 7) is 3.19. The summed E-state index contributed by atoms with van der Waals surface area (Å²) in [6.07, 6.45) is 0.804. The van der Waals surface area contributed by atoms with Crippen LogP contribution in [0.5, 0.6) is 11.5 Å². The van der Waals surface area contributed by atoms with Crippen LogP contribution >= 0.6 is 0 Å². The Labute approximate surface area is 130 Å². The molecule has 2 aromatic carbocycles. The molecule has 2 aromatic rings. The molecule has 0 aliphatic carbocycles. The third-order valence-corrected chi connectivity index (χ3v) is 3.72. The van der Waals surface area contributed by atoms with Gasteiger partial charge in [-0.2, -0.15) is 0 Å². The highest BCUT2D eigenvalue weighted by Gasteiger charge is 2.18. The molecule has 3 rings (SSSR count). The van der Waals surface area contributed by atoms with Crippen LogP contribution in [0.3, 0.4) is 0 Å². The molecular weight excluding hydrogens is 278 g/mol. The molecule has 1 N–H and O–H groups in total. The molecule has 1 unspecified atom stereocenters. The highest BCUT2D eigenvalue weighted by atomic mass is 16.6. The molecule has 0 fully saturated rings. The van der Waals surface area contributed by atoms with Crippen molar-refractivity contribution < 1.29 is 14.3 Å². The number of fused-ring (bicyclic) bond motifs is 1. The lowest BCUT2D eigenvalue weighted by Gasteiger charge is -2.22. The largest absolute Gasteiger partial charge is 0.486 e. The Morgan fingerprint density at radius 3 is 2.55 bits per heavy atom. The van der Waals surface area contributed by atoms with Crippen LogP contribution in [0, 0.1) is 0 Å². The van der Waals surface area contributed by atoms with Crippen LogP contribution in [0.25, 0.3) is 0 Å². The van der Waals surface area contributed by atoms with Gasteiger partial charge in [-0.05, 0) is 36.2 Å². The van der Waals surface area contributed by atoms with E-state index >= 15 is 0 Å². The topological polar surface area (TPSA) is 47.6 Å².